The molecule has 0 aromatic rings. The van der Waals surface area contributed by atoms with Crippen LogP contribution in [0.4, 0.5) is 0 Å². The van der Waals surface area contributed by atoms with E-state index in [1.54, 1.807) is 0 Å². The first-order valence-electron chi connectivity index (χ1n) is 3.97. The van der Waals surface area contributed by atoms with Crippen LogP contribution in [0.5, 0.6) is 0 Å². The number of carbonyl (C=O) groups excluding carboxylic acids is 1. The molecule has 1 aliphatic carbocycles. The largest absolute Gasteiger partial charge is 0.281 e. The maximum Gasteiger partial charge on any atom is 0.225 e. The van der Waals surface area contributed by atoms with Crippen molar-refractivity contribution in [1.29, 1.82) is 5.26 Å². The molecule has 0 aromatic heterocycles. The molecule has 0 spiro atoms. The number of thioether (sulfide) groups is 1. The van der Waals surface area contributed by atoms with Gasteiger partial charge in [0.05, 0.1) is 4.91 Å². The van der Waals surface area contributed by atoms with Gasteiger partial charge in [0.1, 0.15) is 6.07 Å². The van der Waals surface area contributed by atoms with E-state index in [4.69, 9.17) is 16.9 Å². The Bertz CT molecular complexity index is 294. The third-order valence-electron chi connectivity index (χ3n) is 2.38. The van der Waals surface area contributed by atoms with E-state index in [1.807, 2.05) is 19.3 Å². The molecule has 0 amide bonds. The Morgan fingerprint density at radius 3 is 2.62 bits per heavy atom. The van der Waals surface area contributed by atoms with Gasteiger partial charge in [-0.05, 0) is 29.7 Å². The van der Waals surface area contributed by atoms with Crippen molar-refractivity contribution in [1.82, 2.24) is 0 Å². The lowest BCUT2D eigenvalue weighted by atomic mass is 10.3. The molecular weight excluding hydrogens is 206 g/mol. The fourth-order valence-electron chi connectivity index (χ4n) is 1.43. The Hall–Kier alpha value is -0.460. The average Bonchev–Trinajstić information content (AvgIpc) is 2.72. The Balaban J connectivity index is 2.64. The number of hydrogen-bond acceptors (Lipinski definition) is 3. The molecule has 0 aliphatic heterocycles. The van der Waals surface area contributed by atoms with E-state index in [-0.39, 0.29) is 17.1 Å². The number of rotatable bonds is 3. The minimum atomic E-state index is -0.285. The topological polar surface area (TPSA) is 40.9 Å². The molecule has 0 N–H and O–H groups in total. The molecule has 4 heteroatoms. The fourth-order valence-corrected chi connectivity index (χ4v) is 2.16. The number of nitriles is 1. The molecule has 0 heterocycles. The molecule has 0 saturated heterocycles. The first kappa shape index (κ1) is 10.6. The smallest absolute Gasteiger partial charge is 0.225 e. The van der Waals surface area contributed by atoms with E-state index in [2.05, 4.69) is 6.07 Å². The highest BCUT2D eigenvalue weighted by atomic mass is 35.5. The number of halogens is 1. The molecule has 2 nitrogen and oxygen atoms in total. The van der Waals surface area contributed by atoms with Crippen LogP contribution in [0.3, 0.4) is 0 Å². The second-order valence-electron chi connectivity index (χ2n) is 3.11. The molecule has 0 bridgehead atoms. The van der Waals surface area contributed by atoms with E-state index in [0.29, 0.717) is 10.8 Å². The second-order valence-corrected chi connectivity index (χ2v) is 4.33. The number of carbonyl (C=O) groups is 1. The number of nitrogens with zero attached hydrogens (tertiary/aromatic N) is 1. The molecule has 0 radical (unpaired) electrons. The average molecular weight is 216 g/mol. The van der Waals surface area contributed by atoms with E-state index < -0.39 is 0 Å². The van der Waals surface area contributed by atoms with E-state index >= 15 is 0 Å². The lowest BCUT2D eigenvalue weighted by molar-refractivity contribution is -0.113. The molecule has 70 valence electrons. The van der Waals surface area contributed by atoms with Crippen molar-refractivity contribution < 1.29 is 4.79 Å². The maximum absolute atomic E-state index is 10.8. The summed E-state index contributed by atoms with van der Waals surface area (Å²) in [6, 6.07) is 2.07. The van der Waals surface area contributed by atoms with Crippen molar-refractivity contribution >= 4 is 28.6 Å². The molecule has 1 aliphatic rings. The van der Waals surface area contributed by atoms with Crippen LogP contribution in [0.2, 0.25) is 0 Å². The molecule has 13 heavy (non-hydrogen) atoms. The van der Waals surface area contributed by atoms with Gasteiger partial charge in [-0.15, -0.1) is 11.8 Å². The summed E-state index contributed by atoms with van der Waals surface area (Å²) >= 11 is 6.78. The van der Waals surface area contributed by atoms with Crippen LogP contribution in [0.15, 0.2) is 11.0 Å². The molecule has 1 rings (SSSR count). The highest BCUT2D eigenvalue weighted by Crippen LogP contribution is 2.49. The monoisotopic (exact) mass is 215 g/mol. The predicted octanol–water partition coefficient (Wildman–Crippen LogP) is 2.40. The van der Waals surface area contributed by atoms with Gasteiger partial charge in [-0.3, -0.25) is 4.79 Å². The summed E-state index contributed by atoms with van der Waals surface area (Å²) in [5, 5.41) is 8.37. The summed E-state index contributed by atoms with van der Waals surface area (Å²) < 4.78 is 0. The van der Waals surface area contributed by atoms with Crippen LogP contribution in [-0.4, -0.2) is 11.5 Å². The Labute approximate surface area is 86.9 Å². The minimum absolute atomic E-state index is 0.0721. The highest BCUT2D eigenvalue weighted by Gasteiger charge is 2.49. The van der Waals surface area contributed by atoms with Gasteiger partial charge in [0.2, 0.25) is 5.24 Å². The summed E-state index contributed by atoms with van der Waals surface area (Å²) in [7, 11) is 0. The van der Waals surface area contributed by atoms with E-state index in [9.17, 15) is 4.79 Å². The standard InChI is InChI=1S/C9H10ClNOS/c1-5-7(8(5)9(10)12)3-6(4-11)13-2/h3,5,7-8H,1-2H3/b6-3-/t5?,7-,8-/m0/s1. The van der Waals surface area contributed by atoms with Gasteiger partial charge in [0.15, 0.2) is 0 Å². The van der Waals surface area contributed by atoms with Gasteiger partial charge in [-0.2, -0.15) is 5.26 Å². The molecule has 1 saturated carbocycles. The summed E-state index contributed by atoms with van der Waals surface area (Å²) in [6.07, 6.45) is 3.69. The highest BCUT2D eigenvalue weighted by molar-refractivity contribution is 8.02. The summed E-state index contributed by atoms with van der Waals surface area (Å²) in [6.45, 7) is 1.97. The van der Waals surface area contributed by atoms with Gasteiger partial charge >= 0.3 is 0 Å². The lowest BCUT2D eigenvalue weighted by Crippen LogP contribution is -1.91. The summed E-state index contributed by atoms with van der Waals surface area (Å²) in [5.74, 6) is 0.393. The zero-order valence-electron chi connectivity index (χ0n) is 7.45. The van der Waals surface area contributed by atoms with Crippen LogP contribution in [0.25, 0.3) is 0 Å². The first-order chi connectivity index (χ1) is 6.11. The zero-order chi connectivity index (χ0) is 10.0. The SMILES string of the molecule is CS/C(C#N)=C\[C@H]1C(C)[C@@H]1C(=O)Cl. The van der Waals surface area contributed by atoms with Crippen LogP contribution in [0.1, 0.15) is 6.92 Å². The van der Waals surface area contributed by atoms with Gasteiger partial charge in [0, 0.05) is 5.92 Å². The molecular formula is C9H10ClNOS. The normalized spacial score (nSPS) is 32.5. The van der Waals surface area contributed by atoms with Crippen molar-refractivity contribution in [3.05, 3.63) is 11.0 Å². The van der Waals surface area contributed by atoms with Crippen molar-refractivity contribution in [2.75, 3.05) is 6.26 Å². The van der Waals surface area contributed by atoms with Gasteiger partial charge in [0.25, 0.3) is 0 Å². The molecule has 3 atom stereocenters. The number of allylic oxidation sites excluding steroid dienone is 2. The van der Waals surface area contributed by atoms with Crippen molar-refractivity contribution in [3.8, 4) is 6.07 Å². The maximum atomic E-state index is 10.8. The van der Waals surface area contributed by atoms with E-state index in [1.165, 1.54) is 11.8 Å². The minimum Gasteiger partial charge on any atom is -0.281 e. The van der Waals surface area contributed by atoms with E-state index in [0.717, 1.165) is 0 Å². The Morgan fingerprint density at radius 2 is 2.31 bits per heavy atom. The van der Waals surface area contributed by atoms with Crippen molar-refractivity contribution in [3.63, 3.8) is 0 Å². The summed E-state index contributed by atoms with van der Waals surface area (Å²) in [4.78, 5) is 11.5. The zero-order valence-corrected chi connectivity index (χ0v) is 9.02. The Kier molecular flexibility index (Phi) is 3.40. The quantitative estimate of drug-likeness (QED) is 0.536. The lowest BCUT2D eigenvalue weighted by Gasteiger charge is -1.89. The molecule has 1 unspecified atom stereocenters. The first-order valence-corrected chi connectivity index (χ1v) is 5.57. The third kappa shape index (κ3) is 2.26. The van der Waals surface area contributed by atoms with Gasteiger partial charge in [-0.25, -0.2) is 0 Å². The van der Waals surface area contributed by atoms with Crippen LogP contribution in [-0.2, 0) is 4.79 Å². The van der Waals surface area contributed by atoms with Crippen molar-refractivity contribution in [2.24, 2.45) is 17.8 Å². The van der Waals surface area contributed by atoms with Crippen LogP contribution in [0, 0.1) is 29.1 Å². The number of hydrogen-bond donors (Lipinski definition) is 0. The van der Waals surface area contributed by atoms with Crippen LogP contribution >= 0.6 is 23.4 Å². The Morgan fingerprint density at radius 1 is 1.69 bits per heavy atom. The second kappa shape index (κ2) is 4.17. The molecule has 0 aromatic carbocycles. The van der Waals surface area contributed by atoms with Gasteiger partial charge in [-0.1, -0.05) is 13.0 Å². The summed E-state index contributed by atoms with van der Waals surface area (Å²) in [5.41, 5.74) is 0. The predicted molar refractivity (Wildman–Crippen MR) is 54.2 cm³/mol. The fraction of sp³-hybridized carbons (Fsp3) is 0.556. The third-order valence-corrected chi connectivity index (χ3v) is 3.30. The van der Waals surface area contributed by atoms with Gasteiger partial charge < -0.3 is 0 Å². The molecule has 1 fully saturated rings. The van der Waals surface area contributed by atoms with Crippen LogP contribution < -0.4 is 0 Å². The van der Waals surface area contributed by atoms with Crippen molar-refractivity contribution in [2.45, 2.75) is 6.92 Å².